The molecule has 15 heavy (non-hydrogen) atoms. The molecule has 1 heterocycles. The Morgan fingerprint density at radius 2 is 2.27 bits per heavy atom. The zero-order valence-corrected chi connectivity index (χ0v) is 9.14. The van der Waals surface area contributed by atoms with Gasteiger partial charge in [-0.15, -0.1) is 11.3 Å². The Morgan fingerprint density at radius 3 is 2.93 bits per heavy atom. The van der Waals surface area contributed by atoms with Crippen LogP contribution in [0.2, 0.25) is 0 Å². The number of nitrogens with one attached hydrogen (secondary N) is 1. The minimum Gasteiger partial charge on any atom is -0.380 e. The number of anilines is 1. The first-order valence-electron chi connectivity index (χ1n) is 4.62. The lowest BCUT2D eigenvalue weighted by Gasteiger charge is -2.05. The van der Waals surface area contributed by atoms with Crippen molar-refractivity contribution in [2.75, 3.05) is 5.32 Å². The first kappa shape index (κ1) is 10.1. The molecule has 0 atom stereocenters. The number of hydrogen-bond acceptors (Lipinski definition) is 3. The topological polar surface area (TPSA) is 24.9 Å². The lowest BCUT2D eigenvalue weighted by atomic mass is 10.2. The maximum atomic E-state index is 13.0. The molecular weight excluding hydrogens is 211 g/mol. The van der Waals surface area contributed by atoms with Crippen molar-refractivity contribution in [3.63, 3.8) is 0 Å². The SMILES string of the molecule is Cc1cc(F)cc(NCc2cncs2)c1. The zero-order chi connectivity index (χ0) is 10.7. The van der Waals surface area contributed by atoms with Gasteiger partial charge in [-0.25, -0.2) is 4.39 Å². The van der Waals surface area contributed by atoms with Crippen LogP contribution in [0.4, 0.5) is 10.1 Å². The molecule has 1 aromatic heterocycles. The fourth-order valence-electron chi connectivity index (χ4n) is 1.36. The van der Waals surface area contributed by atoms with Crippen molar-refractivity contribution in [2.24, 2.45) is 0 Å². The number of aromatic nitrogens is 1. The van der Waals surface area contributed by atoms with E-state index in [1.807, 2.05) is 19.2 Å². The summed E-state index contributed by atoms with van der Waals surface area (Å²) < 4.78 is 13.0. The predicted octanol–water partition coefficient (Wildman–Crippen LogP) is 3.20. The number of benzene rings is 1. The maximum absolute atomic E-state index is 13.0. The first-order chi connectivity index (χ1) is 7.24. The molecule has 0 unspecified atom stereocenters. The van der Waals surface area contributed by atoms with E-state index in [0.29, 0.717) is 6.54 Å². The van der Waals surface area contributed by atoms with E-state index in [2.05, 4.69) is 10.3 Å². The van der Waals surface area contributed by atoms with Gasteiger partial charge in [0.2, 0.25) is 0 Å². The summed E-state index contributed by atoms with van der Waals surface area (Å²) in [5.41, 5.74) is 3.51. The van der Waals surface area contributed by atoms with Crippen LogP contribution in [0.1, 0.15) is 10.4 Å². The van der Waals surface area contributed by atoms with Crippen LogP contribution in [0, 0.1) is 12.7 Å². The number of thiazole rings is 1. The highest BCUT2D eigenvalue weighted by atomic mass is 32.1. The van der Waals surface area contributed by atoms with Gasteiger partial charge in [0.25, 0.3) is 0 Å². The van der Waals surface area contributed by atoms with Crippen LogP contribution in [0.5, 0.6) is 0 Å². The third kappa shape index (κ3) is 2.76. The van der Waals surface area contributed by atoms with Crippen LogP contribution in [0.25, 0.3) is 0 Å². The average molecular weight is 222 g/mol. The molecule has 1 aromatic carbocycles. The van der Waals surface area contributed by atoms with Crippen molar-refractivity contribution in [3.05, 3.63) is 46.2 Å². The van der Waals surface area contributed by atoms with Gasteiger partial charge in [0.1, 0.15) is 5.82 Å². The number of hydrogen-bond donors (Lipinski definition) is 1. The van der Waals surface area contributed by atoms with Gasteiger partial charge in [-0.2, -0.15) is 0 Å². The highest BCUT2D eigenvalue weighted by Gasteiger charge is 1.98. The standard InChI is InChI=1S/C11H11FN2S/c1-8-2-9(12)4-10(3-8)14-6-11-5-13-7-15-11/h2-5,7,14H,6H2,1H3. The Bertz CT molecular complexity index is 420. The molecule has 78 valence electrons. The summed E-state index contributed by atoms with van der Waals surface area (Å²) in [5.74, 6) is -0.207. The minimum atomic E-state index is -0.207. The number of rotatable bonds is 3. The third-order valence-electron chi connectivity index (χ3n) is 1.99. The number of nitrogens with zero attached hydrogens (tertiary/aromatic N) is 1. The van der Waals surface area contributed by atoms with Gasteiger partial charge in [0.15, 0.2) is 0 Å². The van der Waals surface area contributed by atoms with E-state index in [9.17, 15) is 4.39 Å². The molecule has 2 nitrogen and oxygen atoms in total. The quantitative estimate of drug-likeness (QED) is 0.862. The van der Waals surface area contributed by atoms with Crippen molar-refractivity contribution in [1.29, 1.82) is 0 Å². The van der Waals surface area contributed by atoms with Gasteiger partial charge < -0.3 is 5.32 Å². The van der Waals surface area contributed by atoms with Crippen molar-refractivity contribution < 1.29 is 4.39 Å². The van der Waals surface area contributed by atoms with E-state index in [-0.39, 0.29) is 5.82 Å². The summed E-state index contributed by atoms with van der Waals surface area (Å²) in [6, 6.07) is 4.93. The molecule has 0 spiro atoms. The third-order valence-corrected chi connectivity index (χ3v) is 2.77. The smallest absolute Gasteiger partial charge is 0.125 e. The monoisotopic (exact) mass is 222 g/mol. The molecule has 0 fully saturated rings. The summed E-state index contributed by atoms with van der Waals surface area (Å²) in [4.78, 5) is 5.11. The Kier molecular flexibility index (Phi) is 2.97. The summed E-state index contributed by atoms with van der Waals surface area (Å²) in [5, 5.41) is 3.16. The van der Waals surface area contributed by atoms with Gasteiger partial charge in [-0.05, 0) is 30.7 Å². The molecule has 0 bridgehead atoms. The minimum absolute atomic E-state index is 0.207. The van der Waals surface area contributed by atoms with Crippen molar-refractivity contribution >= 4 is 17.0 Å². The normalized spacial score (nSPS) is 10.3. The summed E-state index contributed by atoms with van der Waals surface area (Å²) in [6.45, 7) is 2.56. The van der Waals surface area contributed by atoms with Crippen LogP contribution in [0.15, 0.2) is 29.9 Å². The molecule has 1 N–H and O–H groups in total. The molecule has 2 rings (SSSR count). The fourth-order valence-corrected chi connectivity index (χ4v) is 1.89. The van der Waals surface area contributed by atoms with Gasteiger partial charge in [0, 0.05) is 16.8 Å². The molecule has 2 aromatic rings. The van der Waals surface area contributed by atoms with Crippen molar-refractivity contribution in [3.8, 4) is 0 Å². The molecular formula is C11H11FN2S. The van der Waals surface area contributed by atoms with E-state index in [1.165, 1.54) is 12.1 Å². The Labute approximate surface area is 91.8 Å². The van der Waals surface area contributed by atoms with E-state index < -0.39 is 0 Å². The van der Waals surface area contributed by atoms with Crippen LogP contribution >= 0.6 is 11.3 Å². The van der Waals surface area contributed by atoms with Crippen LogP contribution < -0.4 is 5.32 Å². The van der Waals surface area contributed by atoms with Gasteiger partial charge in [-0.1, -0.05) is 0 Å². The molecule has 0 saturated heterocycles. The largest absolute Gasteiger partial charge is 0.380 e. The van der Waals surface area contributed by atoms with Crippen molar-refractivity contribution in [1.82, 2.24) is 4.98 Å². The maximum Gasteiger partial charge on any atom is 0.125 e. The Balaban J connectivity index is 2.05. The molecule has 0 aliphatic rings. The van der Waals surface area contributed by atoms with E-state index in [1.54, 1.807) is 16.8 Å². The summed E-state index contributed by atoms with van der Waals surface area (Å²) >= 11 is 1.58. The van der Waals surface area contributed by atoms with E-state index in [4.69, 9.17) is 0 Å². The summed E-state index contributed by atoms with van der Waals surface area (Å²) in [6.07, 6.45) is 1.81. The Morgan fingerprint density at radius 1 is 1.40 bits per heavy atom. The number of aryl methyl sites for hydroxylation is 1. The van der Waals surface area contributed by atoms with Crippen LogP contribution in [-0.4, -0.2) is 4.98 Å². The predicted molar refractivity (Wildman–Crippen MR) is 60.6 cm³/mol. The zero-order valence-electron chi connectivity index (χ0n) is 8.33. The van der Waals surface area contributed by atoms with E-state index in [0.717, 1.165) is 16.1 Å². The Hall–Kier alpha value is -1.42. The second kappa shape index (κ2) is 4.40. The van der Waals surface area contributed by atoms with E-state index >= 15 is 0 Å². The van der Waals surface area contributed by atoms with Crippen LogP contribution in [0.3, 0.4) is 0 Å². The molecule has 0 radical (unpaired) electrons. The summed E-state index contributed by atoms with van der Waals surface area (Å²) in [7, 11) is 0. The second-order valence-corrected chi connectivity index (χ2v) is 4.31. The molecule has 0 amide bonds. The highest BCUT2D eigenvalue weighted by Crippen LogP contribution is 2.15. The molecule has 0 aliphatic carbocycles. The fraction of sp³-hybridized carbons (Fsp3) is 0.182. The molecule has 4 heteroatoms. The van der Waals surface area contributed by atoms with Gasteiger partial charge in [0.05, 0.1) is 12.1 Å². The number of halogens is 1. The van der Waals surface area contributed by atoms with Crippen LogP contribution in [-0.2, 0) is 6.54 Å². The first-order valence-corrected chi connectivity index (χ1v) is 5.50. The second-order valence-electron chi connectivity index (χ2n) is 3.34. The molecule has 0 saturated carbocycles. The van der Waals surface area contributed by atoms with Gasteiger partial charge in [-0.3, -0.25) is 4.98 Å². The van der Waals surface area contributed by atoms with Crippen molar-refractivity contribution in [2.45, 2.75) is 13.5 Å². The van der Waals surface area contributed by atoms with Gasteiger partial charge >= 0.3 is 0 Å². The average Bonchev–Trinajstić information content (AvgIpc) is 2.65. The lowest BCUT2D eigenvalue weighted by Crippen LogP contribution is -1.98. The molecule has 0 aliphatic heterocycles. The lowest BCUT2D eigenvalue weighted by molar-refractivity contribution is 0.627. The highest BCUT2D eigenvalue weighted by molar-refractivity contribution is 7.09.